The number of ether oxygens (including phenoxy) is 2. The molecule has 1 aromatic carbocycles. The fraction of sp³-hybridized carbons (Fsp3) is 0.650. The highest BCUT2D eigenvalue weighted by Gasteiger charge is 2.56. The second-order valence-electron chi connectivity index (χ2n) is 7.41. The highest BCUT2D eigenvalue weighted by molar-refractivity contribution is 5.76. The standard InChI is InChI=1S/C20H27NO3/c22-17(11-13-23-15-8-2-1-3-9-15)21-19-16-10-12-24-20(16)18(19)14-6-4-5-7-14/h1-3,8-9,14,16,18-20H,4-7,10-13H2,(H,21,22)/t16-,18+,19-,20-/m0/s1. The Kier molecular flexibility index (Phi) is 4.74. The van der Waals surface area contributed by atoms with Gasteiger partial charge >= 0.3 is 0 Å². The van der Waals surface area contributed by atoms with E-state index in [0.717, 1.165) is 24.7 Å². The van der Waals surface area contributed by atoms with Gasteiger partial charge in [-0.15, -0.1) is 0 Å². The molecule has 0 radical (unpaired) electrons. The first-order valence-corrected chi connectivity index (χ1v) is 9.42. The van der Waals surface area contributed by atoms with E-state index in [2.05, 4.69) is 5.32 Å². The summed E-state index contributed by atoms with van der Waals surface area (Å²) in [5.74, 6) is 2.76. The lowest BCUT2D eigenvalue weighted by Crippen LogP contribution is -2.63. The molecule has 130 valence electrons. The summed E-state index contributed by atoms with van der Waals surface area (Å²) in [5, 5.41) is 3.30. The molecule has 4 heteroatoms. The van der Waals surface area contributed by atoms with Gasteiger partial charge in [0.15, 0.2) is 0 Å². The van der Waals surface area contributed by atoms with Crippen LogP contribution in [-0.4, -0.2) is 31.3 Å². The Balaban J connectivity index is 1.28. The molecule has 1 heterocycles. The average molecular weight is 329 g/mol. The average Bonchev–Trinajstić information content (AvgIpc) is 3.25. The van der Waals surface area contributed by atoms with Crippen LogP contribution in [0.3, 0.4) is 0 Å². The third kappa shape index (κ3) is 3.16. The molecule has 0 spiro atoms. The SMILES string of the molecule is O=C(CCOc1ccccc1)N[C@H]1[C@@H]2CCO[C@@H]2[C@@H]1C1CCCC1. The molecule has 1 amide bonds. The van der Waals surface area contributed by atoms with E-state index in [9.17, 15) is 4.79 Å². The monoisotopic (exact) mass is 329 g/mol. The lowest BCUT2D eigenvalue weighted by Gasteiger charge is -2.50. The quantitative estimate of drug-likeness (QED) is 0.872. The lowest BCUT2D eigenvalue weighted by molar-refractivity contribution is -0.130. The Hall–Kier alpha value is -1.55. The number of fused-ring (bicyclic) bond motifs is 1. The predicted molar refractivity (Wildman–Crippen MR) is 91.8 cm³/mol. The molecule has 1 aromatic rings. The van der Waals surface area contributed by atoms with Crippen LogP contribution in [0, 0.1) is 17.8 Å². The van der Waals surface area contributed by atoms with Crippen molar-refractivity contribution in [3.05, 3.63) is 30.3 Å². The smallest absolute Gasteiger partial charge is 0.223 e. The van der Waals surface area contributed by atoms with Gasteiger partial charge in [0.25, 0.3) is 0 Å². The molecule has 1 N–H and O–H groups in total. The molecule has 1 aliphatic heterocycles. The predicted octanol–water partition coefficient (Wildman–Crippen LogP) is 3.17. The Morgan fingerprint density at radius 1 is 1.17 bits per heavy atom. The third-order valence-corrected chi connectivity index (χ3v) is 6.05. The topological polar surface area (TPSA) is 47.6 Å². The minimum Gasteiger partial charge on any atom is -0.493 e. The van der Waals surface area contributed by atoms with E-state index < -0.39 is 0 Å². The van der Waals surface area contributed by atoms with Crippen molar-refractivity contribution in [2.45, 2.75) is 50.7 Å². The third-order valence-electron chi connectivity index (χ3n) is 6.05. The molecule has 0 bridgehead atoms. The van der Waals surface area contributed by atoms with Crippen LogP contribution >= 0.6 is 0 Å². The molecule has 2 aliphatic carbocycles. The van der Waals surface area contributed by atoms with Crippen molar-refractivity contribution in [1.29, 1.82) is 0 Å². The van der Waals surface area contributed by atoms with Crippen LogP contribution in [0.25, 0.3) is 0 Å². The van der Waals surface area contributed by atoms with E-state index in [0.29, 0.717) is 37.0 Å². The van der Waals surface area contributed by atoms with Gasteiger partial charge in [0.2, 0.25) is 5.91 Å². The summed E-state index contributed by atoms with van der Waals surface area (Å²) >= 11 is 0. The van der Waals surface area contributed by atoms with Crippen LogP contribution in [0.2, 0.25) is 0 Å². The molecule has 24 heavy (non-hydrogen) atoms. The van der Waals surface area contributed by atoms with E-state index in [-0.39, 0.29) is 5.91 Å². The van der Waals surface area contributed by atoms with Crippen molar-refractivity contribution in [3.63, 3.8) is 0 Å². The lowest BCUT2D eigenvalue weighted by atomic mass is 9.61. The second kappa shape index (κ2) is 7.14. The normalized spacial score (nSPS) is 32.2. The summed E-state index contributed by atoms with van der Waals surface area (Å²) < 4.78 is 11.6. The number of hydrogen-bond donors (Lipinski definition) is 1. The molecule has 0 unspecified atom stereocenters. The fourth-order valence-electron chi connectivity index (χ4n) is 4.90. The Morgan fingerprint density at radius 3 is 2.75 bits per heavy atom. The maximum Gasteiger partial charge on any atom is 0.223 e. The molecule has 4 nitrogen and oxygen atoms in total. The number of carbonyl (C=O) groups excluding carboxylic acids is 1. The van der Waals surface area contributed by atoms with E-state index in [1.165, 1.54) is 25.7 Å². The van der Waals surface area contributed by atoms with Crippen molar-refractivity contribution < 1.29 is 14.3 Å². The molecule has 3 aliphatic rings. The second-order valence-corrected chi connectivity index (χ2v) is 7.41. The summed E-state index contributed by atoms with van der Waals surface area (Å²) in [6, 6.07) is 10.00. The highest BCUT2D eigenvalue weighted by Crippen LogP contribution is 2.51. The summed E-state index contributed by atoms with van der Waals surface area (Å²) in [5.41, 5.74) is 0. The zero-order valence-corrected chi connectivity index (χ0v) is 14.2. The number of hydrogen-bond acceptors (Lipinski definition) is 3. The minimum absolute atomic E-state index is 0.115. The number of benzene rings is 1. The molecule has 0 aromatic heterocycles. The van der Waals surface area contributed by atoms with Gasteiger partial charge in [0, 0.05) is 24.5 Å². The zero-order valence-electron chi connectivity index (χ0n) is 14.2. The first kappa shape index (κ1) is 15.9. The van der Waals surface area contributed by atoms with Crippen LogP contribution in [0.5, 0.6) is 5.75 Å². The van der Waals surface area contributed by atoms with Gasteiger partial charge in [0.1, 0.15) is 5.75 Å². The number of rotatable bonds is 6. The number of nitrogens with one attached hydrogen (secondary N) is 1. The molecule has 4 rings (SSSR count). The Labute approximate surface area is 143 Å². The molecule has 1 saturated heterocycles. The zero-order chi connectivity index (χ0) is 16.4. The van der Waals surface area contributed by atoms with Crippen molar-refractivity contribution >= 4 is 5.91 Å². The van der Waals surface area contributed by atoms with Crippen LogP contribution in [0.4, 0.5) is 0 Å². The summed E-state index contributed by atoms with van der Waals surface area (Å²) in [6.45, 7) is 1.29. The summed E-state index contributed by atoms with van der Waals surface area (Å²) in [4.78, 5) is 12.4. The summed E-state index contributed by atoms with van der Waals surface area (Å²) in [7, 11) is 0. The van der Waals surface area contributed by atoms with E-state index in [4.69, 9.17) is 9.47 Å². The minimum atomic E-state index is 0.115. The van der Waals surface area contributed by atoms with E-state index >= 15 is 0 Å². The van der Waals surface area contributed by atoms with Gasteiger partial charge < -0.3 is 14.8 Å². The number of amides is 1. The number of para-hydroxylation sites is 1. The van der Waals surface area contributed by atoms with E-state index in [1.54, 1.807) is 0 Å². The molecule has 3 fully saturated rings. The summed E-state index contributed by atoms with van der Waals surface area (Å²) in [6.07, 6.45) is 7.20. The first-order valence-electron chi connectivity index (χ1n) is 9.42. The van der Waals surface area contributed by atoms with Crippen LogP contribution in [0.1, 0.15) is 38.5 Å². The number of carbonyl (C=O) groups is 1. The largest absolute Gasteiger partial charge is 0.493 e. The fourth-order valence-corrected chi connectivity index (χ4v) is 4.90. The van der Waals surface area contributed by atoms with Crippen LogP contribution in [0.15, 0.2) is 30.3 Å². The first-order chi connectivity index (χ1) is 11.8. The van der Waals surface area contributed by atoms with Gasteiger partial charge in [-0.2, -0.15) is 0 Å². The van der Waals surface area contributed by atoms with Crippen molar-refractivity contribution in [2.75, 3.05) is 13.2 Å². The Bertz CT molecular complexity index is 551. The van der Waals surface area contributed by atoms with Gasteiger partial charge in [-0.3, -0.25) is 4.79 Å². The van der Waals surface area contributed by atoms with Gasteiger partial charge in [-0.1, -0.05) is 43.9 Å². The van der Waals surface area contributed by atoms with Gasteiger partial charge in [0.05, 0.1) is 19.1 Å². The molecule has 4 atom stereocenters. The van der Waals surface area contributed by atoms with Crippen molar-refractivity contribution in [1.82, 2.24) is 5.32 Å². The maximum atomic E-state index is 12.4. The van der Waals surface area contributed by atoms with E-state index in [1.807, 2.05) is 30.3 Å². The Morgan fingerprint density at radius 2 is 1.96 bits per heavy atom. The van der Waals surface area contributed by atoms with Crippen molar-refractivity contribution in [3.8, 4) is 5.75 Å². The maximum absolute atomic E-state index is 12.4. The molecular formula is C20H27NO3. The molecular weight excluding hydrogens is 302 g/mol. The van der Waals surface area contributed by atoms with Crippen LogP contribution < -0.4 is 10.1 Å². The molecule has 2 saturated carbocycles. The van der Waals surface area contributed by atoms with Gasteiger partial charge in [-0.25, -0.2) is 0 Å². The van der Waals surface area contributed by atoms with Crippen LogP contribution in [-0.2, 0) is 9.53 Å². The van der Waals surface area contributed by atoms with Gasteiger partial charge in [-0.05, 0) is 24.5 Å². The van der Waals surface area contributed by atoms with Crippen molar-refractivity contribution in [2.24, 2.45) is 17.8 Å². The highest BCUT2D eigenvalue weighted by atomic mass is 16.5.